The molecule has 4 aromatic heterocycles. The Balaban J connectivity index is 1.58. The van der Waals surface area contributed by atoms with E-state index >= 15 is 4.39 Å². The molecule has 8 nitrogen and oxygen atoms in total. The molecule has 0 radical (unpaired) electrons. The van der Waals surface area contributed by atoms with Crippen LogP contribution in [0.1, 0.15) is 38.1 Å². The summed E-state index contributed by atoms with van der Waals surface area (Å²) in [7, 11) is 0. The molecule has 40 heavy (non-hydrogen) atoms. The lowest BCUT2D eigenvalue weighted by Gasteiger charge is -2.18. The van der Waals surface area contributed by atoms with Gasteiger partial charge in [0.15, 0.2) is 17.2 Å². The first-order chi connectivity index (χ1) is 19.2. The van der Waals surface area contributed by atoms with Crippen LogP contribution in [0.5, 0.6) is 5.75 Å². The Kier molecular flexibility index (Phi) is 6.34. The van der Waals surface area contributed by atoms with Gasteiger partial charge in [0, 0.05) is 16.6 Å². The fourth-order valence-corrected chi connectivity index (χ4v) is 5.97. The summed E-state index contributed by atoms with van der Waals surface area (Å²) in [6.07, 6.45) is 1.21. The zero-order chi connectivity index (χ0) is 28.1. The normalized spacial score (nSPS) is 12.4. The fraction of sp³-hybridized carbons (Fsp3) is 0.200. The Bertz CT molecular complexity index is 1940. The van der Waals surface area contributed by atoms with E-state index in [2.05, 4.69) is 9.97 Å². The summed E-state index contributed by atoms with van der Waals surface area (Å²) in [5.74, 6) is -0.114. The first kappa shape index (κ1) is 25.7. The van der Waals surface area contributed by atoms with Crippen molar-refractivity contribution in [1.29, 1.82) is 0 Å². The van der Waals surface area contributed by atoms with Crippen LogP contribution in [0, 0.1) is 12.7 Å². The third-order valence-corrected chi connectivity index (χ3v) is 7.87. The van der Waals surface area contributed by atoms with Gasteiger partial charge in [0.25, 0.3) is 5.56 Å². The molecular weight excluding hydrogens is 527 g/mol. The number of thiazole rings is 1. The molecule has 10 heteroatoms. The molecule has 0 unspecified atom stereocenters. The largest absolute Gasteiger partial charge is 0.488 e. The number of pyridine rings is 1. The van der Waals surface area contributed by atoms with Crippen molar-refractivity contribution >= 4 is 33.0 Å². The zero-order valence-corrected chi connectivity index (χ0v) is 23.2. The minimum atomic E-state index is -0.504. The molecule has 6 aromatic rings. The van der Waals surface area contributed by atoms with Crippen molar-refractivity contribution in [3.63, 3.8) is 0 Å². The minimum absolute atomic E-state index is 0.0991. The summed E-state index contributed by atoms with van der Waals surface area (Å²) in [6.45, 7) is 7.57. The van der Waals surface area contributed by atoms with Gasteiger partial charge in [-0.15, -0.1) is 11.3 Å². The number of fused-ring (bicyclic) bond motifs is 2. The van der Waals surface area contributed by atoms with Crippen molar-refractivity contribution in [1.82, 2.24) is 24.1 Å². The molecule has 6 rings (SSSR count). The smallest absolute Gasteiger partial charge is 0.264 e. The molecule has 0 saturated carbocycles. The molecule has 0 fully saturated rings. The number of nitrogens with two attached hydrogens (primary N) is 1. The minimum Gasteiger partial charge on any atom is -0.488 e. The summed E-state index contributed by atoms with van der Waals surface area (Å²) < 4.78 is 24.0. The maximum absolute atomic E-state index is 15.0. The second-order valence-electron chi connectivity index (χ2n) is 9.94. The van der Waals surface area contributed by atoms with E-state index in [-0.39, 0.29) is 23.2 Å². The number of halogens is 1. The van der Waals surface area contributed by atoms with E-state index in [9.17, 15) is 4.79 Å². The second-order valence-corrected chi connectivity index (χ2v) is 10.8. The lowest BCUT2D eigenvalue weighted by atomic mass is 9.97. The predicted molar refractivity (Wildman–Crippen MR) is 156 cm³/mol. The van der Waals surface area contributed by atoms with Crippen LogP contribution in [0.25, 0.3) is 38.2 Å². The van der Waals surface area contributed by atoms with Gasteiger partial charge >= 0.3 is 0 Å². The SMILES string of the molecule is Cc1csc2cc([C@@H](C)n3nc(-c4ccc(OC(C)C)c(F)c4)c4c(N)ncnc43)c(-c3ccccc3)c(=O)n12. The maximum Gasteiger partial charge on any atom is 0.264 e. The van der Waals surface area contributed by atoms with Crippen molar-refractivity contribution in [3.05, 3.63) is 93.7 Å². The van der Waals surface area contributed by atoms with Gasteiger partial charge in [0.1, 0.15) is 22.7 Å². The number of anilines is 1. The summed E-state index contributed by atoms with van der Waals surface area (Å²) in [5.41, 5.74) is 10.7. The molecular formula is C30H27FN6O2S. The van der Waals surface area contributed by atoms with Crippen LogP contribution in [-0.4, -0.2) is 30.3 Å². The highest BCUT2D eigenvalue weighted by molar-refractivity contribution is 7.15. The highest BCUT2D eigenvalue weighted by Gasteiger charge is 2.26. The number of aromatic nitrogens is 5. The summed E-state index contributed by atoms with van der Waals surface area (Å²) in [4.78, 5) is 23.4. The van der Waals surface area contributed by atoms with Crippen molar-refractivity contribution in [2.24, 2.45) is 0 Å². The number of nitrogens with zero attached hydrogens (tertiary/aromatic N) is 5. The van der Waals surface area contributed by atoms with E-state index in [1.54, 1.807) is 21.2 Å². The highest BCUT2D eigenvalue weighted by atomic mass is 32.1. The van der Waals surface area contributed by atoms with Crippen LogP contribution in [-0.2, 0) is 0 Å². The van der Waals surface area contributed by atoms with Crippen LogP contribution in [0.3, 0.4) is 0 Å². The molecule has 202 valence electrons. The number of nitrogen functional groups attached to an aromatic ring is 1. The van der Waals surface area contributed by atoms with E-state index in [1.807, 2.05) is 69.5 Å². The third kappa shape index (κ3) is 4.21. The quantitative estimate of drug-likeness (QED) is 0.261. The Morgan fingerprint density at radius 2 is 1.80 bits per heavy atom. The van der Waals surface area contributed by atoms with E-state index in [1.165, 1.54) is 23.7 Å². The summed E-state index contributed by atoms with van der Waals surface area (Å²) in [5, 5.41) is 7.38. The van der Waals surface area contributed by atoms with Crippen LogP contribution in [0.2, 0.25) is 0 Å². The second kappa shape index (κ2) is 9.87. The van der Waals surface area contributed by atoms with E-state index < -0.39 is 11.9 Å². The number of hydrogen-bond donors (Lipinski definition) is 1. The Hall–Kier alpha value is -4.57. The van der Waals surface area contributed by atoms with Crippen LogP contribution >= 0.6 is 11.3 Å². The monoisotopic (exact) mass is 554 g/mol. The Morgan fingerprint density at radius 3 is 2.52 bits per heavy atom. The predicted octanol–water partition coefficient (Wildman–Crippen LogP) is 6.26. The zero-order valence-electron chi connectivity index (χ0n) is 22.4. The molecule has 2 N–H and O–H groups in total. The van der Waals surface area contributed by atoms with Crippen LogP contribution in [0.4, 0.5) is 10.2 Å². The fourth-order valence-electron chi connectivity index (χ4n) is 5.05. The van der Waals surface area contributed by atoms with Gasteiger partial charge in [0.05, 0.1) is 23.1 Å². The lowest BCUT2D eigenvalue weighted by molar-refractivity contribution is 0.231. The molecule has 0 amide bonds. The van der Waals surface area contributed by atoms with Crippen molar-refractivity contribution in [3.8, 4) is 28.1 Å². The molecule has 0 bridgehead atoms. The van der Waals surface area contributed by atoms with Gasteiger partial charge in [0.2, 0.25) is 0 Å². The van der Waals surface area contributed by atoms with Crippen molar-refractivity contribution < 1.29 is 9.13 Å². The lowest BCUT2D eigenvalue weighted by Crippen LogP contribution is -2.21. The summed E-state index contributed by atoms with van der Waals surface area (Å²) in [6, 6.07) is 15.9. The molecule has 0 aliphatic heterocycles. The van der Waals surface area contributed by atoms with E-state index in [0.717, 1.165) is 21.7 Å². The van der Waals surface area contributed by atoms with Gasteiger partial charge < -0.3 is 10.5 Å². The Morgan fingerprint density at radius 1 is 1.02 bits per heavy atom. The standard InChI is InChI=1S/C30H27FN6O2S/c1-16(2)39-23-11-10-20(12-22(23)31)27-26-28(32)33-15-34-29(26)37(35-27)18(4)21-13-24-36(17(3)14-40-24)30(38)25(21)19-8-6-5-7-9-19/h5-16,18H,1-4H3,(H2,32,33,34)/t18-/m1/s1. The number of rotatable bonds is 6. The van der Waals surface area contributed by atoms with E-state index in [4.69, 9.17) is 15.6 Å². The topological polar surface area (TPSA) is 100 Å². The van der Waals surface area contributed by atoms with Gasteiger partial charge in [-0.3, -0.25) is 9.20 Å². The maximum atomic E-state index is 15.0. The van der Waals surface area contributed by atoms with Gasteiger partial charge in [-0.2, -0.15) is 5.10 Å². The number of ether oxygens (including phenoxy) is 1. The van der Waals surface area contributed by atoms with Crippen molar-refractivity contribution in [2.75, 3.05) is 5.73 Å². The molecule has 0 saturated heterocycles. The molecule has 0 spiro atoms. The first-order valence-corrected chi connectivity index (χ1v) is 13.8. The number of hydrogen-bond acceptors (Lipinski definition) is 7. The summed E-state index contributed by atoms with van der Waals surface area (Å²) >= 11 is 1.51. The Labute approximate surface area is 233 Å². The molecule has 2 aromatic carbocycles. The number of aryl methyl sites for hydroxylation is 1. The molecule has 0 aliphatic rings. The van der Waals surface area contributed by atoms with Crippen LogP contribution in [0.15, 0.2) is 71.1 Å². The molecule has 1 atom stereocenters. The van der Waals surface area contributed by atoms with Gasteiger partial charge in [-0.05, 0) is 63.1 Å². The number of benzene rings is 2. The average molecular weight is 555 g/mol. The third-order valence-electron chi connectivity index (χ3n) is 6.87. The first-order valence-electron chi connectivity index (χ1n) is 12.9. The molecule has 0 aliphatic carbocycles. The van der Waals surface area contributed by atoms with Gasteiger partial charge in [-0.1, -0.05) is 30.3 Å². The van der Waals surface area contributed by atoms with Crippen molar-refractivity contribution in [2.45, 2.75) is 39.8 Å². The molecule has 4 heterocycles. The highest BCUT2D eigenvalue weighted by Crippen LogP contribution is 2.37. The van der Waals surface area contributed by atoms with Crippen LogP contribution < -0.4 is 16.0 Å². The average Bonchev–Trinajstić information content (AvgIpc) is 3.51. The van der Waals surface area contributed by atoms with E-state index in [0.29, 0.717) is 27.9 Å². The van der Waals surface area contributed by atoms with Gasteiger partial charge in [-0.25, -0.2) is 19.0 Å².